The molecular formula is C20H27N3O5S. The number of carbonyl (C=O) groups excluding carboxylic acids is 1. The maximum absolute atomic E-state index is 12.9. The lowest BCUT2D eigenvalue weighted by Crippen LogP contribution is -2.43. The van der Waals surface area contributed by atoms with Crippen LogP contribution in [0.15, 0.2) is 45.9 Å². The first-order valence-electron chi connectivity index (χ1n) is 9.66. The molecule has 2 heterocycles. The van der Waals surface area contributed by atoms with E-state index in [1.807, 2.05) is 6.07 Å². The van der Waals surface area contributed by atoms with E-state index in [2.05, 4.69) is 14.9 Å². The number of amides is 1. The van der Waals surface area contributed by atoms with Gasteiger partial charge in [-0.3, -0.25) is 9.69 Å². The van der Waals surface area contributed by atoms with Gasteiger partial charge in [0, 0.05) is 31.7 Å². The SMILES string of the molecule is CCC(=O)Nc1ccc(S(=O)(=O)NCC(c2ccco2)N2CCOCC2)c(C)c1. The zero-order chi connectivity index (χ0) is 20.9. The van der Waals surface area contributed by atoms with Crippen molar-refractivity contribution in [1.29, 1.82) is 0 Å². The highest BCUT2D eigenvalue weighted by molar-refractivity contribution is 7.89. The number of nitrogens with one attached hydrogen (secondary N) is 2. The van der Waals surface area contributed by atoms with E-state index in [1.165, 1.54) is 6.07 Å². The van der Waals surface area contributed by atoms with Gasteiger partial charge >= 0.3 is 0 Å². The van der Waals surface area contributed by atoms with Crippen molar-refractivity contribution in [3.05, 3.63) is 47.9 Å². The second-order valence-corrected chi connectivity index (χ2v) is 8.65. The number of hydrogen-bond acceptors (Lipinski definition) is 6. The van der Waals surface area contributed by atoms with Crippen molar-refractivity contribution >= 4 is 21.6 Å². The molecule has 1 amide bonds. The smallest absolute Gasteiger partial charge is 0.240 e. The summed E-state index contributed by atoms with van der Waals surface area (Å²) in [5.74, 6) is 0.592. The van der Waals surface area contributed by atoms with Crippen molar-refractivity contribution in [1.82, 2.24) is 9.62 Å². The summed E-state index contributed by atoms with van der Waals surface area (Å²) in [5.41, 5.74) is 1.14. The Morgan fingerprint density at radius 3 is 2.62 bits per heavy atom. The molecule has 29 heavy (non-hydrogen) atoms. The van der Waals surface area contributed by atoms with E-state index in [0.717, 1.165) is 0 Å². The second kappa shape index (κ2) is 9.53. The fourth-order valence-electron chi connectivity index (χ4n) is 3.32. The number of ether oxygens (including phenoxy) is 1. The summed E-state index contributed by atoms with van der Waals surface area (Å²) in [6.45, 7) is 6.28. The minimum Gasteiger partial charge on any atom is -0.468 e. The average Bonchev–Trinajstić information content (AvgIpc) is 3.23. The monoisotopic (exact) mass is 421 g/mol. The van der Waals surface area contributed by atoms with Crippen molar-refractivity contribution in [3.63, 3.8) is 0 Å². The van der Waals surface area contributed by atoms with E-state index in [4.69, 9.17) is 9.15 Å². The molecule has 1 aromatic carbocycles. The average molecular weight is 422 g/mol. The Balaban J connectivity index is 1.74. The molecule has 2 N–H and O–H groups in total. The van der Waals surface area contributed by atoms with Crippen LogP contribution in [-0.4, -0.2) is 52.1 Å². The molecule has 9 heteroatoms. The second-order valence-electron chi connectivity index (χ2n) is 6.91. The first kappa shape index (κ1) is 21.5. The number of sulfonamides is 1. The van der Waals surface area contributed by atoms with Gasteiger partial charge in [-0.1, -0.05) is 6.92 Å². The molecule has 1 fully saturated rings. The predicted octanol–water partition coefficient (Wildman–Crippen LogP) is 2.29. The predicted molar refractivity (Wildman–Crippen MR) is 109 cm³/mol. The lowest BCUT2D eigenvalue weighted by Gasteiger charge is -2.33. The van der Waals surface area contributed by atoms with Crippen LogP contribution in [0.1, 0.15) is 30.7 Å². The minimum absolute atomic E-state index is 0.120. The molecule has 2 aromatic rings. The highest BCUT2D eigenvalue weighted by atomic mass is 32.2. The number of anilines is 1. The number of carbonyl (C=O) groups is 1. The number of rotatable bonds is 8. The van der Waals surface area contributed by atoms with Gasteiger partial charge in [0.25, 0.3) is 0 Å². The lowest BCUT2D eigenvalue weighted by molar-refractivity contribution is -0.115. The Hall–Kier alpha value is -2.20. The van der Waals surface area contributed by atoms with Crippen molar-refractivity contribution < 1.29 is 22.4 Å². The van der Waals surface area contributed by atoms with Gasteiger partial charge in [0.05, 0.1) is 30.4 Å². The van der Waals surface area contributed by atoms with Gasteiger partial charge in [0.1, 0.15) is 5.76 Å². The van der Waals surface area contributed by atoms with Crippen molar-refractivity contribution in [3.8, 4) is 0 Å². The third-order valence-corrected chi connectivity index (χ3v) is 6.48. The van der Waals surface area contributed by atoms with Crippen LogP contribution in [0.2, 0.25) is 0 Å². The lowest BCUT2D eigenvalue weighted by atomic mass is 10.2. The highest BCUT2D eigenvalue weighted by Crippen LogP contribution is 2.24. The number of hydrogen-bond donors (Lipinski definition) is 2. The number of furan rings is 1. The van der Waals surface area contributed by atoms with Crippen molar-refractivity contribution in [2.45, 2.75) is 31.2 Å². The highest BCUT2D eigenvalue weighted by Gasteiger charge is 2.27. The largest absolute Gasteiger partial charge is 0.468 e. The van der Waals surface area contributed by atoms with Gasteiger partial charge in [0.15, 0.2) is 0 Å². The summed E-state index contributed by atoms with van der Waals surface area (Å²) >= 11 is 0. The molecule has 0 bridgehead atoms. The molecule has 1 aromatic heterocycles. The Morgan fingerprint density at radius 1 is 1.24 bits per heavy atom. The molecule has 0 radical (unpaired) electrons. The van der Waals surface area contributed by atoms with Crippen LogP contribution in [0, 0.1) is 6.92 Å². The zero-order valence-electron chi connectivity index (χ0n) is 16.7. The van der Waals surface area contributed by atoms with Gasteiger partial charge in [-0.25, -0.2) is 13.1 Å². The van der Waals surface area contributed by atoms with Crippen LogP contribution < -0.4 is 10.0 Å². The van der Waals surface area contributed by atoms with E-state index in [9.17, 15) is 13.2 Å². The Kier molecular flexibility index (Phi) is 7.07. The maximum Gasteiger partial charge on any atom is 0.240 e. The fraction of sp³-hybridized carbons (Fsp3) is 0.450. The summed E-state index contributed by atoms with van der Waals surface area (Å²) < 4.78 is 39.5. The van der Waals surface area contributed by atoms with E-state index in [-0.39, 0.29) is 23.4 Å². The fourth-order valence-corrected chi connectivity index (χ4v) is 4.59. The molecule has 1 saturated heterocycles. The first-order chi connectivity index (χ1) is 13.9. The minimum atomic E-state index is -3.73. The van der Waals surface area contributed by atoms with E-state index < -0.39 is 10.0 Å². The van der Waals surface area contributed by atoms with E-state index >= 15 is 0 Å². The molecule has 0 spiro atoms. The Morgan fingerprint density at radius 2 is 2.00 bits per heavy atom. The van der Waals surface area contributed by atoms with E-state index in [0.29, 0.717) is 49.7 Å². The molecule has 8 nitrogen and oxygen atoms in total. The standard InChI is InChI=1S/C20H27N3O5S/c1-3-20(24)22-16-6-7-19(15(2)13-16)29(25,26)21-14-17(18-5-4-10-28-18)23-8-11-27-12-9-23/h4-7,10,13,17,21H,3,8-9,11-12,14H2,1-2H3,(H,22,24). The van der Waals surface area contributed by atoms with Gasteiger partial charge in [-0.15, -0.1) is 0 Å². The van der Waals surface area contributed by atoms with Crippen LogP contribution in [0.4, 0.5) is 5.69 Å². The topological polar surface area (TPSA) is 101 Å². The van der Waals surface area contributed by atoms with Crippen LogP contribution in [-0.2, 0) is 19.6 Å². The molecule has 0 aliphatic carbocycles. The quantitative estimate of drug-likeness (QED) is 0.678. The van der Waals surface area contributed by atoms with Gasteiger partial charge in [-0.2, -0.15) is 0 Å². The summed E-state index contributed by atoms with van der Waals surface area (Å²) in [4.78, 5) is 13.9. The summed E-state index contributed by atoms with van der Waals surface area (Å²) in [5, 5.41) is 2.74. The normalized spacial score (nSPS) is 16.5. The summed E-state index contributed by atoms with van der Waals surface area (Å²) in [6.07, 6.45) is 1.95. The molecule has 3 rings (SSSR count). The summed E-state index contributed by atoms with van der Waals surface area (Å²) in [6, 6.07) is 8.21. The molecule has 1 aliphatic heterocycles. The van der Waals surface area contributed by atoms with Crippen LogP contribution in [0.3, 0.4) is 0 Å². The van der Waals surface area contributed by atoms with Crippen molar-refractivity contribution in [2.24, 2.45) is 0 Å². The number of nitrogens with zero attached hydrogens (tertiary/aromatic N) is 1. The molecule has 1 unspecified atom stereocenters. The molecule has 1 atom stereocenters. The Labute approximate surface area is 171 Å². The molecule has 0 saturated carbocycles. The first-order valence-corrected chi connectivity index (χ1v) is 11.1. The van der Waals surface area contributed by atoms with E-state index in [1.54, 1.807) is 38.3 Å². The number of aryl methyl sites for hydroxylation is 1. The third kappa shape index (κ3) is 5.45. The third-order valence-electron chi connectivity index (χ3n) is 4.89. The van der Waals surface area contributed by atoms with Crippen LogP contribution in [0.25, 0.3) is 0 Å². The molecule has 158 valence electrons. The number of morpholine rings is 1. The van der Waals surface area contributed by atoms with Gasteiger partial charge in [0.2, 0.25) is 15.9 Å². The van der Waals surface area contributed by atoms with Crippen molar-refractivity contribution in [2.75, 3.05) is 38.2 Å². The summed E-state index contributed by atoms with van der Waals surface area (Å²) in [7, 11) is -3.73. The molecule has 1 aliphatic rings. The number of benzene rings is 1. The molecular weight excluding hydrogens is 394 g/mol. The zero-order valence-corrected chi connectivity index (χ0v) is 17.5. The van der Waals surface area contributed by atoms with Gasteiger partial charge < -0.3 is 14.5 Å². The van der Waals surface area contributed by atoms with Gasteiger partial charge in [-0.05, 0) is 42.8 Å². The van der Waals surface area contributed by atoms with Crippen LogP contribution >= 0.6 is 0 Å². The maximum atomic E-state index is 12.9. The Bertz CT molecular complexity index is 922. The van der Waals surface area contributed by atoms with Crippen LogP contribution in [0.5, 0.6) is 0 Å².